The molecule has 0 fully saturated rings. The Hall–Kier alpha value is -2.45. The van der Waals surface area contributed by atoms with Crippen molar-refractivity contribution in [3.8, 4) is 0 Å². The highest BCUT2D eigenvalue weighted by Gasteiger charge is 2.22. The first-order valence-corrected chi connectivity index (χ1v) is 11.7. The summed E-state index contributed by atoms with van der Waals surface area (Å²) in [6.07, 6.45) is 1.91. The third kappa shape index (κ3) is 6.03. The molecule has 0 saturated heterocycles. The Morgan fingerprint density at radius 2 is 1.70 bits per heavy atom. The molecule has 2 aromatic rings. The van der Waals surface area contributed by atoms with E-state index < -0.39 is 15.6 Å². The van der Waals surface area contributed by atoms with Crippen LogP contribution in [0.3, 0.4) is 0 Å². The topological polar surface area (TPSA) is 88.5 Å². The number of pyridine rings is 1. The number of aromatic nitrogens is 1. The maximum atomic E-state index is 12.6. The molecule has 0 aliphatic rings. The smallest absolute Gasteiger partial charge is 0.251 e. The Morgan fingerprint density at radius 3 is 2.27 bits per heavy atom. The van der Waals surface area contributed by atoms with Crippen LogP contribution < -0.4 is 10.9 Å². The van der Waals surface area contributed by atoms with Gasteiger partial charge in [0.1, 0.15) is 6.54 Å². The van der Waals surface area contributed by atoms with E-state index in [-0.39, 0.29) is 17.3 Å². The monoisotopic (exact) mass is 433 g/mol. The minimum atomic E-state index is -3.70. The van der Waals surface area contributed by atoms with Gasteiger partial charge < -0.3 is 9.88 Å². The van der Waals surface area contributed by atoms with Crippen LogP contribution in [0.1, 0.15) is 44.7 Å². The van der Waals surface area contributed by atoms with Crippen LogP contribution in [0.4, 0.5) is 0 Å². The van der Waals surface area contributed by atoms with E-state index in [4.69, 9.17) is 0 Å². The molecule has 0 aliphatic carbocycles. The second-order valence-electron chi connectivity index (χ2n) is 7.42. The van der Waals surface area contributed by atoms with E-state index in [1.54, 1.807) is 13.8 Å². The van der Waals surface area contributed by atoms with Crippen molar-refractivity contribution in [2.45, 2.75) is 51.5 Å². The molecule has 0 saturated carbocycles. The molecular weight excluding hydrogens is 402 g/mol. The Balaban J connectivity index is 2.00. The largest absolute Gasteiger partial charge is 0.354 e. The van der Waals surface area contributed by atoms with Gasteiger partial charge in [-0.2, -0.15) is 4.31 Å². The van der Waals surface area contributed by atoms with Crippen LogP contribution >= 0.6 is 0 Å². The first-order chi connectivity index (χ1) is 14.2. The number of carbonyl (C=O) groups excluding carboxylic acids is 1. The molecule has 1 aromatic heterocycles. The second kappa shape index (κ2) is 10.5. The molecular formula is C22H31N3O4S. The molecule has 7 nitrogen and oxygen atoms in total. The van der Waals surface area contributed by atoms with E-state index in [0.29, 0.717) is 32.0 Å². The summed E-state index contributed by atoms with van der Waals surface area (Å²) < 4.78 is 27.7. The molecule has 0 bridgehead atoms. The number of carbonyl (C=O) groups is 1. The highest BCUT2D eigenvalue weighted by molar-refractivity contribution is 7.89. The maximum absolute atomic E-state index is 12.6. The van der Waals surface area contributed by atoms with Crippen molar-refractivity contribution in [3.05, 3.63) is 64.1 Å². The van der Waals surface area contributed by atoms with Crippen molar-refractivity contribution in [3.63, 3.8) is 0 Å². The second-order valence-corrected chi connectivity index (χ2v) is 9.35. The lowest BCUT2D eigenvalue weighted by Crippen LogP contribution is -2.35. The number of rotatable bonds is 10. The zero-order valence-electron chi connectivity index (χ0n) is 18.1. The van der Waals surface area contributed by atoms with Gasteiger partial charge in [0.15, 0.2) is 0 Å². The van der Waals surface area contributed by atoms with Crippen LogP contribution in [0, 0.1) is 0 Å². The first kappa shape index (κ1) is 23.8. The Morgan fingerprint density at radius 1 is 1.07 bits per heavy atom. The minimum absolute atomic E-state index is 0.00356. The molecule has 0 spiro atoms. The van der Waals surface area contributed by atoms with E-state index >= 15 is 0 Å². The average molecular weight is 434 g/mol. The van der Waals surface area contributed by atoms with Gasteiger partial charge in [0.25, 0.3) is 5.56 Å². The van der Waals surface area contributed by atoms with Crippen molar-refractivity contribution in [2.24, 2.45) is 0 Å². The summed E-state index contributed by atoms with van der Waals surface area (Å²) in [6.45, 7) is 8.65. The fraction of sp³-hybridized carbons (Fsp3) is 0.455. The van der Waals surface area contributed by atoms with Crippen molar-refractivity contribution in [1.82, 2.24) is 14.2 Å². The summed E-state index contributed by atoms with van der Waals surface area (Å²) in [6, 6.07) is 10.7. The molecule has 1 aromatic carbocycles. The summed E-state index contributed by atoms with van der Waals surface area (Å²) in [5.74, 6) is 0.131. The molecule has 30 heavy (non-hydrogen) atoms. The highest BCUT2D eigenvalue weighted by Crippen LogP contribution is 2.15. The summed E-state index contributed by atoms with van der Waals surface area (Å²) in [5, 5.41) is 2.79. The highest BCUT2D eigenvalue weighted by atomic mass is 32.2. The molecule has 1 N–H and O–H groups in total. The van der Waals surface area contributed by atoms with Gasteiger partial charge in [0.05, 0.1) is 4.90 Å². The Bertz CT molecular complexity index is 1010. The van der Waals surface area contributed by atoms with Crippen LogP contribution in [-0.2, 0) is 27.8 Å². The first-order valence-electron chi connectivity index (χ1n) is 10.2. The number of nitrogens with one attached hydrogen (secondary N) is 1. The zero-order chi connectivity index (χ0) is 22.3. The number of benzene rings is 1. The molecule has 164 valence electrons. The molecule has 0 radical (unpaired) electrons. The van der Waals surface area contributed by atoms with Gasteiger partial charge >= 0.3 is 0 Å². The SMILES string of the molecule is CCN(CC)S(=O)(=O)c1ccc(=O)n(CC(=O)NCCc2ccc(C(C)C)cc2)c1. The lowest BCUT2D eigenvalue weighted by molar-refractivity contribution is -0.121. The number of amides is 1. The van der Waals surface area contributed by atoms with E-state index in [9.17, 15) is 18.0 Å². The van der Waals surface area contributed by atoms with Crippen molar-refractivity contribution >= 4 is 15.9 Å². The van der Waals surface area contributed by atoms with Gasteiger partial charge in [0, 0.05) is 31.9 Å². The predicted molar refractivity (Wildman–Crippen MR) is 118 cm³/mol. The standard InChI is InChI=1S/C22H31N3O4S/c1-5-25(6-2)30(28,29)20-11-12-22(27)24(15-20)16-21(26)23-14-13-18-7-9-19(10-8-18)17(3)4/h7-12,15,17H,5-6,13-14,16H2,1-4H3,(H,23,26). The molecule has 8 heteroatoms. The van der Waals surface area contributed by atoms with E-state index in [1.807, 2.05) is 12.1 Å². The third-order valence-corrected chi connectivity index (χ3v) is 7.03. The van der Waals surface area contributed by atoms with E-state index in [2.05, 4.69) is 31.3 Å². The quantitative estimate of drug-likeness (QED) is 0.623. The van der Waals surface area contributed by atoms with Crippen LogP contribution in [0.15, 0.2) is 52.3 Å². The van der Waals surface area contributed by atoms with Gasteiger partial charge in [-0.25, -0.2) is 8.42 Å². The summed E-state index contributed by atoms with van der Waals surface area (Å²) in [4.78, 5) is 24.4. The molecule has 2 rings (SSSR count). The molecule has 0 atom stereocenters. The number of hydrogen-bond donors (Lipinski definition) is 1. The lowest BCUT2D eigenvalue weighted by Gasteiger charge is -2.19. The van der Waals surface area contributed by atoms with Crippen molar-refractivity contribution in [2.75, 3.05) is 19.6 Å². The van der Waals surface area contributed by atoms with Crippen LogP contribution in [-0.4, -0.2) is 42.8 Å². The zero-order valence-corrected chi connectivity index (χ0v) is 18.9. The summed E-state index contributed by atoms with van der Waals surface area (Å²) in [7, 11) is -3.70. The van der Waals surface area contributed by atoms with Gasteiger partial charge in [-0.1, -0.05) is 52.0 Å². The molecule has 1 heterocycles. The molecule has 0 unspecified atom stereocenters. The fourth-order valence-electron chi connectivity index (χ4n) is 3.12. The lowest BCUT2D eigenvalue weighted by atomic mass is 10.0. The van der Waals surface area contributed by atoms with Gasteiger partial charge in [-0.05, 0) is 29.5 Å². The molecule has 1 amide bonds. The van der Waals surface area contributed by atoms with Crippen LogP contribution in [0.2, 0.25) is 0 Å². The normalized spacial score (nSPS) is 11.8. The van der Waals surface area contributed by atoms with E-state index in [0.717, 1.165) is 10.1 Å². The minimum Gasteiger partial charge on any atom is -0.354 e. The predicted octanol–water partition coefficient (Wildman–Crippen LogP) is 2.36. The van der Waals surface area contributed by atoms with Crippen molar-refractivity contribution in [1.29, 1.82) is 0 Å². The number of hydrogen-bond acceptors (Lipinski definition) is 4. The molecule has 0 aliphatic heterocycles. The number of nitrogens with zero attached hydrogens (tertiary/aromatic N) is 2. The van der Waals surface area contributed by atoms with Gasteiger partial charge in [-0.3, -0.25) is 9.59 Å². The Kier molecular flexibility index (Phi) is 8.37. The summed E-state index contributed by atoms with van der Waals surface area (Å²) >= 11 is 0. The van der Waals surface area contributed by atoms with Gasteiger partial charge in [0.2, 0.25) is 15.9 Å². The van der Waals surface area contributed by atoms with Crippen LogP contribution in [0.25, 0.3) is 0 Å². The third-order valence-electron chi connectivity index (χ3n) is 5.00. The maximum Gasteiger partial charge on any atom is 0.251 e. The fourth-order valence-corrected chi connectivity index (χ4v) is 4.60. The van der Waals surface area contributed by atoms with Gasteiger partial charge in [-0.15, -0.1) is 0 Å². The number of sulfonamides is 1. The summed E-state index contributed by atoms with van der Waals surface area (Å²) in [5.41, 5.74) is 1.96. The Labute approximate surface area is 178 Å². The van der Waals surface area contributed by atoms with E-state index in [1.165, 1.54) is 28.2 Å². The van der Waals surface area contributed by atoms with Crippen LogP contribution in [0.5, 0.6) is 0 Å². The average Bonchev–Trinajstić information content (AvgIpc) is 2.70. The van der Waals surface area contributed by atoms with Crippen molar-refractivity contribution < 1.29 is 13.2 Å².